The second-order valence-corrected chi connectivity index (χ2v) is 2.12. The molecule has 0 aliphatic carbocycles. The number of nitriles is 1. The number of allylic oxidation sites excluding steroid dienone is 1. The summed E-state index contributed by atoms with van der Waals surface area (Å²) in [6.07, 6.45) is 0.867. The predicted molar refractivity (Wildman–Crippen MR) is 37.6 cm³/mol. The molecule has 62 valence electrons. The zero-order chi connectivity index (χ0) is 9.14. The maximum absolute atomic E-state index is 10.2. The van der Waals surface area contributed by atoms with Gasteiger partial charge in [-0.25, -0.2) is 0 Å². The van der Waals surface area contributed by atoms with Crippen molar-refractivity contribution in [2.75, 3.05) is 0 Å². The van der Waals surface area contributed by atoms with Crippen molar-refractivity contribution in [3.8, 4) is 6.07 Å². The number of nitrogens with zero attached hydrogens (tertiary/aromatic N) is 2. The second-order valence-electron chi connectivity index (χ2n) is 2.12. The molecule has 6 nitrogen and oxygen atoms in total. The summed E-state index contributed by atoms with van der Waals surface area (Å²) in [5, 5.41) is 18.7. The molecule has 0 atom stereocenters. The Balaban J connectivity index is 2.84. The maximum Gasteiger partial charge on any atom is 0.286 e. The Morgan fingerprint density at radius 1 is 1.83 bits per heavy atom. The summed E-state index contributed by atoms with van der Waals surface area (Å²) < 4.78 is 4.59. The van der Waals surface area contributed by atoms with E-state index in [4.69, 9.17) is 11.0 Å². The van der Waals surface area contributed by atoms with Crippen LogP contribution < -0.4 is 5.73 Å². The molecule has 0 bridgehead atoms. The molecule has 1 aliphatic rings. The van der Waals surface area contributed by atoms with Crippen LogP contribution in [0.5, 0.6) is 0 Å². The Bertz CT molecular complexity index is 323. The molecule has 0 amide bonds. The maximum atomic E-state index is 10.2. The van der Waals surface area contributed by atoms with E-state index in [1.165, 1.54) is 0 Å². The van der Waals surface area contributed by atoms with Crippen molar-refractivity contribution in [3.05, 3.63) is 33.5 Å². The van der Waals surface area contributed by atoms with Gasteiger partial charge < -0.3 is 10.5 Å². The molecular weight excluding hydrogens is 162 g/mol. The highest BCUT2D eigenvalue weighted by Gasteiger charge is 2.21. The van der Waals surface area contributed by atoms with Gasteiger partial charge in [-0.15, -0.1) is 0 Å². The van der Waals surface area contributed by atoms with Gasteiger partial charge >= 0.3 is 0 Å². The lowest BCUT2D eigenvalue weighted by Gasteiger charge is -2.07. The van der Waals surface area contributed by atoms with E-state index in [0.29, 0.717) is 0 Å². The van der Waals surface area contributed by atoms with Crippen LogP contribution in [0.4, 0.5) is 0 Å². The fourth-order valence-corrected chi connectivity index (χ4v) is 0.715. The van der Waals surface area contributed by atoms with E-state index in [0.717, 1.165) is 6.26 Å². The number of hydrogen-bond acceptors (Lipinski definition) is 5. The number of nitro groups is 1. The van der Waals surface area contributed by atoms with Crippen molar-refractivity contribution in [2.45, 2.75) is 6.42 Å². The molecule has 0 fully saturated rings. The van der Waals surface area contributed by atoms with Crippen LogP contribution in [0.2, 0.25) is 0 Å². The number of hydrogen-bond donors (Lipinski definition) is 1. The molecule has 1 aliphatic heterocycles. The van der Waals surface area contributed by atoms with E-state index < -0.39 is 4.92 Å². The first-order chi connectivity index (χ1) is 5.65. The second kappa shape index (κ2) is 2.92. The van der Waals surface area contributed by atoms with E-state index in [1.54, 1.807) is 6.07 Å². The molecule has 2 N–H and O–H groups in total. The highest BCUT2D eigenvalue weighted by Crippen LogP contribution is 2.18. The Hall–Kier alpha value is -2.03. The van der Waals surface area contributed by atoms with Crippen LogP contribution in [-0.2, 0) is 4.74 Å². The quantitative estimate of drug-likeness (QED) is 0.444. The van der Waals surface area contributed by atoms with Crippen LogP contribution in [0, 0.1) is 21.4 Å². The predicted octanol–water partition coefficient (Wildman–Crippen LogP) is 0.219. The molecule has 1 heterocycles. The summed E-state index contributed by atoms with van der Waals surface area (Å²) >= 11 is 0. The average molecular weight is 167 g/mol. The number of ether oxygens (including phenoxy) is 1. The largest absolute Gasteiger partial charge is 0.441 e. The summed E-state index contributed by atoms with van der Waals surface area (Å²) in [4.78, 5) is 9.60. The molecule has 0 aromatic carbocycles. The van der Waals surface area contributed by atoms with Gasteiger partial charge in [-0.1, -0.05) is 0 Å². The van der Waals surface area contributed by atoms with Crippen molar-refractivity contribution in [1.82, 2.24) is 0 Å². The topological polar surface area (TPSA) is 102 Å². The molecule has 0 radical (unpaired) electrons. The van der Waals surface area contributed by atoms with Crippen molar-refractivity contribution in [2.24, 2.45) is 5.73 Å². The van der Waals surface area contributed by atoms with Crippen molar-refractivity contribution < 1.29 is 9.66 Å². The summed E-state index contributed by atoms with van der Waals surface area (Å²) in [6, 6.07) is 1.72. The normalized spacial score (nSPS) is 16.1. The molecule has 0 saturated heterocycles. The van der Waals surface area contributed by atoms with Crippen LogP contribution >= 0.6 is 0 Å². The monoisotopic (exact) mass is 167 g/mol. The first kappa shape index (κ1) is 8.07. The summed E-state index contributed by atoms with van der Waals surface area (Å²) in [7, 11) is 0. The van der Waals surface area contributed by atoms with E-state index in [1.807, 2.05) is 0 Å². The van der Waals surface area contributed by atoms with E-state index in [2.05, 4.69) is 4.74 Å². The lowest BCUT2D eigenvalue weighted by molar-refractivity contribution is -0.429. The van der Waals surface area contributed by atoms with Crippen LogP contribution in [-0.4, -0.2) is 4.92 Å². The Morgan fingerprint density at radius 2 is 2.50 bits per heavy atom. The molecule has 0 aromatic rings. The molecule has 12 heavy (non-hydrogen) atoms. The molecular formula is C6H5N3O3. The summed E-state index contributed by atoms with van der Waals surface area (Å²) in [5.41, 5.74) is 5.14. The van der Waals surface area contributed by atoms with Crippen LogP contribution in [0.25, 0.3) is 0 Å². The molecule has 0 spiro atoms. The summed E-state index contributed by atoms with van der Waals surface area (Å²) in [5.74, 6) is -0.0666. The third kappa shape index (κ3) is 1.34. The third-order valence-electron chi connectivity index (χ3n) is 1.35. The van der Waals surface area contributed by atoms with Gasteiger partial charge in [-0.2, -0.15) is 5.26 Å². The highest BCUT2D eigenvalue weighted by atomic mass is 16.6. The van der Waals surface area contributed by atoms with Gasteiger partial charge in [0.1, 0.15) is 11.6 Å². The fraction of sp³-hybridized carbons (Fsp3) is 0.167. The van der Waals surface area contributed by atoms with E-state index >= 15 is 0 Å². The van der Waals surface area contributed by atoms with Crippen LogP contribution in [0.1, 0.15) is 6.42 Å². The highest BCUT2D eigenvalue weighted by molar-refractivity contribution is 5.29. The van der Waals surface area contributed by atoms with Crippen LogP contribution in [0.15, 0.2) is 23.4 Å². The lowest BCUT2D eigenvalue weighted by Crippen LogP contribution is -2.12. The molecule has 6 heteroatoms. The minimum atomic E-state index is -0.607. The zero-order valence-electron chi connectivity index (χ0n) is 5.98. The first-order valence-corrected chi connectivity index (χ1v) is 3.04. The van der Waals surface area contributed by atoms with Gasteiger partial charge in [-0.05, 0) is 0 Å². The Kier molecular flexibility index (Phi) is 1.96. The first-order valence-electron chi connectivity index (χ1n) is 3.04. The van der Waals surface area contributed by atoms with Gasteiger partial charge in [0.25, 0.3) is 5.70 Å². The lowest BCUT2D eigenvalue weighted by atomic mass is 10.1. The minimum absolute atomic E-state index is 0.0666. The van der Waals surface area contributed by atoms with Crippen molar-refractivity contribution >= 4 is 0 Å². The molecule has 0 saturated carbocycles. The third-order valence-corrected chi connectivity index (χ3v) is 1.35. The fourth-order valence-electron chi connectivity index (χ4n) is 0.715. The summed E-state index contributed by atoms with van der Waals surface area (Å²) in [6.45, 7) is 0. The molecule has 0 aromatic heterocycles. The van der Waals surface area contributed by atoms with Gasteiger partial charge in [0.15, 0.2) is 6.26 Å². The van der Waals surface area contributed by atoms with E-state index in [-0.39, 0.29) is 23.6 Å². The van der Waals surface area contributed by atoms with Gasteiger partial charge in [0.05, 0.1) is 11.3 Å². The van der Waals surface area contributed by atoms with Gasteiger partial charge in [-0.3, -0.25) is 10.1 Å². The molecule has 0 unspecified atom stereocenters. The SMILES string of the molecule is N#CC1=C(N)OC=C([N+](=O)[O-])C1. The van der Waals surface area contributed by atoms with Crippen molar-refractivity contribution in [1.29, 1.82) is 5.26 Å². The smallest absolute Gasteiger partial charge is 0.286 e. The standard InChI is InChI=1S/C6H5N3O3/c7-2-4-1-5(9(10)11)3-12-6(4)8/h3H,1,8H2. The van der Waals surface area contributed by atoms with Crippen LogP contribution in [0.3, 0.4) is 0 Å². The Morgan fingerprint density at radius 3 is 3.00 bits per heavy atom. The molecule has 1 rings (SSSR count). The number of rotatable bonds is 1. The van der Waals surface area contributed by atoms with Gasteiger partial charge in [0, 0.05) is 0 Å². The van der Waals surface area contributed by atoms with Crippen molar-refractivity contribution in [3.63, 3.8) is 0 Å². The zero-order valence-corrected chi connectivity index (χ0v) is 5.98. The van der Waals surface area contributed by atoms with Gasteiger partial charge in [0.2, 0.25) is 5.88 Å². The number of nitrogens with two attached hydrogens (primary N) is 1. The Labute approximate surface area is 67.7 Å². The average Bonchev–Trinajstić information content (AvgIpc) is 2.05. The minimum Gasteiger partial charge on any atom is -0.441 e. The van der Waals surface area contributed by atoms with E-state index in [9.17, 15) is 10.1 Å².